The zero-order valence-corrected chi connectivity index (χ0v) is 15.8. The number of fused-ring (bicyclic) bond motifs is 1. The van der Waals surface area contributed by atoms with Gasteiger partial charge in [0.1, 0.15) is 0 Å². The van der Waals surface area contributed by atoms with Crippen molar-refractivity contribution in [2.24, 2.45) is 7.05 Å². The van der Waals surface area contributed by atoms with E-state index in [1.165, 1.54) is 11.9 Å². The monoisotopic (exact) mass is 353 g/mol. The van der Waals surface area contributed by atoms with Crippen molar-refractivity contribution in [2.75, 3.05) is 11.0 Å². The summed E-state index contributed by atoms with van der Waals surface area (Å²) in [5.74, 6) is 0.748. The van der Waals surface area contributed by atoms with Crippen molar-refractivity contribution in [1.82, 2.24) is 9.78 Å². The van der Waals surface area contributed by atoms with Crippen LogP contribution in [0.2, 0.25) is 5.02 Å². The third-order valence-electron chi connectivity index (χ3n) is 4.67. The highest BCUT2D eigenvalue weighted by molar-refractivity contribution is 7.99. The van der Waals surface area contributed by atoms with Crippen molar-refractivity contribution < 1.29 is 9.31 Å². The lowest BCUT2D eigenvalue weighted by molar-refractivity contribution is 0.00578. The van der Waals surface area contributed by atoms with Gasteiger partial charge in [0.25, 0.3) is 0 Å². The maximum atomic E-state index is 6.42. The van der Waals surface area contributed by atoms with E-state index in [0.29, 0.717) is 5.02 Å². The summed E-state index contributed by atoms with van der Waals surface area (Å²) in [4.78, 5) is 0. The maximum absolute atomic E-state index is 6.42. The van der Waals surface area contributed by atoms with Crippen LogP contribution in [0.15, 0.2) is 12.1 Å². The molecule has 8 heteroatoms. The molecule has 0 aliphatic carbocycles. The topological polar surface area (TPSA) is 48.3 Å². The van der Waals surface area contributed by atoms with Gasteiger partial charge in [0.15, 0.2) is 5.82 Å². The van der Waals surface area contributed by atoms with Crippen molar-refractivity contribution >= 4 is 52.9 Å². The molecule has 1 saturated heterocycles. The molecule has 1 N–H and O–H groups in total. The molecule has 0 spiro atoms. The van der Waals surface area contributed by atoms with Gasteiger partial charge in [0.05, 0.1) is 27.1 Å². The van der Waals surface area contributed by atoms with Gasteiger partial charge in [-0.15, -0.1) is 0 Å². The van der Waals surface area contributed by atoms with E-state index in [-0.39, 0.29) is 11.2 Å². The van der Waals surface area contributed by atoms with Crippen LogP contribution in [0.5, 0.6) is 0 Å². The first-order valence-corrected chi connectivity index (χ1v) is 9.08. The normalized spacial score (nSPS) is 19.5. The van der Waals surface area contributed by atoms with Crippen LogP contribution in [0.1, 0.15) is 27.7 Å². The van der Waals surface area contributed by atoms with E-state index in [1.54, 1.807) is 0 Å². The Morgan fingerprint density at radius 2 is 1.83 bits per heavy atom. The van der Waals surface area contributed by atoms with Gasteiger partial charge in [0, 0.05) is 18.8 Å². The van der Waals surface area contributed by atoms with Crippen LogP contribution in [0.25, 0.3) is 10.9 Å². The van der Waals surface area contributed by atoms with Crippen molar-refractivity contribution in [1.29, 1.82) is 0 Å². The molecule has 0 radical (unpaired) electrons. The Bertz CT molecular complexity index is 747. The molecular weight excluding hydrogens is 333 g/mol. The fraction of sp³-hybridized carbons (Fsp3) is 0.533. The molecule has 2 aromatic rings. The van der Waals surface area contributed by atoms with E-state index in [9.17, 15) is 0 Å². The van der Waals surface area contributed by atoms with E-state index in [0.717, 1.165) is 22.2 Å². The highest BCUT2D eigenvalue weighted by Crippen LogP contribution is 2.38. The number of halogens is 1. The molecule has 23 heavy (non-hydrogen) atoms. The minimum absolute atomic E-state index is 0.386. The van der Waals surface area contributed by atoms with E-state index in [1.807, 2.05) is 57.8 Å². The number of hydrogen-bond donors (Lipinski definition) is 1. The smallest absolute Gasteiger partial charge is 0.399 e. The SMILES string of the molecule is CSNc1nn(C)c2c(B3OC(C)(C)C(C)(C)O3)ccc(Cl)c12. The van der Waals surface area contributed by atoms with Crippen molar-refractivity contribution in [3.8, 4) is 0 Å². The second-order valence-electron chi connectivity index (χ2n) is 6.73. The van der Waals surface area contributed by atoms with Gasteiger partial charge in [-0.25, -0.2) is 0 Å². The van der Waals surface area contributed by atoms with Crippen molar-refractivity contribution in [3.63, 3.8) is 0 Å². The van der Waals surface area contributed by atoms with E-state index in [4.69, 9.17) is 20.9 Å². The molecule has 3 rings (SSSR count). The van der Waals surface area contributed by atoms with Crippen LogP contribution in [0.3, 0.4) is 0 Å². The molecule has 0 bridgehead atoms. The number of rotatable bonds is 3. The molecule has 5 nitrogen and oxygen atoms in total. The second-order valence-corrected chi connectivity index (χ2v) is 7.75. The average Bonchev–Trinajstić information content (AvgIpc) is 2.86. The number of nitrogens with one attached hydrogen (secondary N) is 1. The summed E-state index contributed by atoms with van der Waals surface area (Å²) in [6.07, 6.45) is 1.95. The third-order valence-corrected chi connectivity index (χ3v) is 5.39. The summed E-state index contributed by atoms with van der Waals surface area (Å²) < 4.78 is 17.4. The molecule has 1 aromatic carbocycles. The Morgan fingerprint density at radius 3 is 2.39 bits per heavy atom. The molecule has 0 atom stereocenters. The van der Waals surface area contributed by atoms with Crippen LogP contribution < -0.4 is 10.2 Å². The highest BCUT2D eigenvalue weighted by Gasteiger charge is 2.52. The molecular formula is C15H21BClN3O2S. The van der Waals surface area contributed by atoms with E-state index >= 15 is 0 Å². The number of hydrogen-bond acceptors (Lipinski definition) is 5. The molecule has 1 aliphatic heterocycles. The van der Waals surface area contributed by atoms with Crippen molar-refractivity contribution in [3.05, 3.63) is 17.2 Å². The molecule has 1 fully saturated rings. The largest absolute Gasteiger partial charge is 0.497 e. The minimum atomic E-state index is -0.447. The summed E-state index contributed by atoms with van der Waals surface area (Å²) in [5.41, 5.74) is 1.09. The zero-order valence-electron chi connectivity index (χ0n) is 14.2. The molecule has 0 amide bonds. The lowest BCUT2D eigenvalue weighted by atomic mass is 9.78. The molecule has 2 heterocycles. The summed E-state index contributed by atoms with van der Waals surface area (Å²) in [6, 6.07) is 3.83. The van der Waals surface area contributed by atoms with E-state index in [2.05, 4.69) is 9.82 Å². The first kappa shape index (κ1) is 17.0. The number of aryl methyl sites for hydroxylation is 1. The van der Waals surface area contributed by atoms with Gasteiger partial charge in [-0.05, 0) is 33.8 Å². The van der Waals surface area contributed by atoms with Gasteiger partial charge in [-0.2, -0.15) is 5.10 Å². The Kier molecular flexibility index (Phi) is 4.12. The second kappa shape index (κ2) is 5.58. The van der Waals surface area contributed by atoms with Crippen molar-refractivity contribution in [2.45, 2.75) is 38.9 Å². The van der Waals surface area contributed by atoms with Crippen LogP contribution in [-0.4, -0.2) is 34.4 Å². The van der Waals surface area contributed by atoms with Gasteiger partial charge in [-0.1, -0.05) is 29.6 Å². The molecule has 0 saturated carbocycles. The molecule has 1 aliphatic rings. The zero-order chi connectivity index (χ0) is 17.0. The van der Waals surface area contributed by atoms with Gasteiger partial charge in [0.2, 0.25) is 0 Å². The third kappa shape index (κ3) is 2.63. The summed E-state index contributed by atoms with van der Waals surface area (Å²) >= 11 is 7.90. The minimum Gasteiger partial charge on any atom is -0.399 e. The van der Waals surface area contributed by atoms with Gasteiger partial charge < -0.3 is 14.0 Å². The van der Waals surface area contributed by atoms with Gasteiger partial charge in [-0.3, -0.25) is 4.68 Å². The fourth-order valence-corrected chi connectivity index (χ4v) is 3.31. The van der Waals surface area contributed by atoms with Crippen LogP contribution in [0, 0.1) is 0 Å². The predicted molar refractivity (Wildman–Crippen MR) is 98.6 cm³/mol. The Labute approximate surface area is 146 Å². The highest BCUT2D eigenvalue weighted by atomic mass is 35.5. The van der Waals surface area contributed by atoms with Crippen LogP contribution in [-0.2, 0) is 16.4 Å². The summed E-state index contributed by atoms with van der Waals surface area (Å²) in [6.45, 7) is 8.18. The number of anilines is 1. The summed E-state index contributed by atoms with van der Waals surface area (Å²) in [7, 11) is 1.45. The first-order valence-electron chi connectivity index (χ1n) is 7.47. The lowest BCUT2D eigenvalue weighted by Gasteiger charge is -2.32. The average molecular weight is 354 g/mol. The number of benzene rings is 1. The standard InChI is InChI=1S/C15H21BClN3O2S/c1-14(2)15(3,4)22-16(21-14)9-7-8-10(17)11-12(9)20(5)18-13(11)19-23-6/h7-8H,1-6H3,(H,18,19). The quantitative estimate of drug-likeness (QED) is 0.678. The Hall–Kier alpha value is -0.885. The van der Waals surface area contributed by atoms with Crippen LogP contribution >= 0.6 is 23.5 Å². The predicted octanol–water partition coefficient (Wildman–Crippen LogP) is 3.22. The van der Waals surface area contributed by atoms with E-state index < -0.39 is 7.12 Å². The van der Waals surface area contributed by atoms with Gasteiger partial charge >= 0.3 is 7.12 Å². The van der Waals surface area contributed by atoms with Crippen LogP contribution in [0.4, 0.5) is 5.82 Å². The molecule has 124 valence electrons. The number of nitrogens with zero attached hydrogens (tertiary/aromatic N) is 2. The first-order chi connectivity index (χ1) is 10.7. The molecule has 0 unspecified atom stereocenters. The maximum Gasteiger partial charge on any atom is 0.497 e. The fourth-order valence-electron chi connectivity index (χ4n) is 2.73. The Morgan fingerprint density at radius 1 is 1.22 bits per heavy atom. The molecule has 1 aromatic heterocycles. The summed E-state index contributed by atoms with van der Waals surface area (Å²) in [5, 5.41) is 6.08. The number of aromatic nitrogens is 2. The lowest BCUT2D eigenvalue weighted by Crippen LogP contribution is -2.41. The Balaban J connectivity index is 2.15.